The SMILES string of the molecule is [Br-].[Br-].[Br-].[Br-].[Br-].[Br-].[Br-].[Br-].[Hf+4].[Zr+4]. The molecule has 0 amide bonds. The summed E-state index contributed by atoms with van der Waals surface area (Å²) >= 11 is 0. The minimum atomic E-state index is 0. The van der Waals surface area contributed by atoms with Gasteiger partial charge in [0, 0.05) is 0 Å². The number of halogens is 8. The number of rotatable bonds is 0. The first-order chi connectivity index (χ1) is 0. The van der Waals surface area contributed by atoms with Crippen LogP contribution in [0.1, 0.15) is 0 Å². The molecule has 0 unspecified atom stereocenters. The molecule has 10 heavy (non-hydrogen) atoms. The van der Waals surface area contributed by atoms with Crippen molar-refractivity contribution < 1.29 is 188 Å². The van der Waals surface area contributed by atoms with E-state index < -0.39 is 0 Å². The van der Waals surface area contributed by atoms with Gasteiger partial charge in [0.25, 0.3) is 0 Å². The molecule has 0 heterocycles. The van der Waals surface area contributed by atoms with E-state index in [0.717, 1.165) is 0 Å². The quantitative estimate of drug-likeness (QED) is 0.213. The minimum Gasteiger partial charge on any atom is -1.00 e. The minimum absolute atomic E-state index is 0. The van der Waals surface area contributed by atoms with E-state index in [2.05, 4.69) is 0 Å². The van der Waals surface area contributed by atoms with Gasteiger partial charge in [-0.1, -0.05) is 0 Å². The summed E-state index contributed by atoms with van der Waals surface area (Å²) in [5.74, 6) is 0. The van der Waals surface area contributed by atoms with Crippen molar-refractivity contribution in [1.82, 2.24) is 0 Å². The molecule has 0 aliphatic carbocycles. The van der Waals surface area contributed by atoms with E-state index in [1.165, 1.54) is 0 Å². The van der Waals surface area contributed by atoms with Crippen molar-refractivity contribution in [3.05, 3.63) is 0 Å². The Bertz CT molecular complexity index is 9.22. The average Bonchev–Trinajstić information content (AvgIpc) is 0. The normalized spacial score (nSPS) is 0. The molecule has 0 atom stereocenters. The van der Waals surface area contributed by atoms with E-state index in [-0.39, 0.29) is 188 Å². The Balaban J connectivity index is 0. The van der Waals surface area contributed by atoms with Crippen molar-refractivity contribution in [3.8, 4) is 0 Å². The molecule has 0 saturated heterocycles. The van der Waals surface area contributed by atoms with Gasteiger partial charge in [-0.15, -0.1) is 0 Å². The molecular formula is Br8HfZr. The van der Waals surface area contributed by atoms with Gasteiger partial charge in [0.05, 0.1) is 0 Å². The van der Waals surface area contributed by atoms with Crippen LogP contribution in [0.3, 0.4) is 0 Å². The van der Waals surface area contributed by atoms with E-state index in [0.29, 0.717) is 0 Å². The van der Waals surface area contributed by atoms with Gasteiger partial charge in [-0.3, -0.25) is 0 Å². The Kier molecular flexibility index (Phi) is 915. The van der Waals surface area contributed by atoms with Crippen LogP contribution in [0.5, 0.6) is 0 Å². The van der Waals surface area contributed by atoms with Gasteiger partial charge in [0.1, 0.15) is 0 Å². The summed E-state index contributed by atoms with van der Waals surface area (Å²) in [6, 6.07) is 0. The second-order valence-corrected chi connectivity index (χ2v) is 0. The van der Waals surface area contributed by atoms with Crippen LogP contribution in [0.4, 0.5) is 0 Å². The molecule has 10 heteroatoms. The summed E-state index contributed by atoms with van der Waals surface area (Å²) in [6.45, 7) is 0. The monoisotopic (exact) mass is 901 g/mol. The molecule has 0 fully saturated rings. The van der Waals surface area contributed by atoms with Gasteiger partial charge in [0.15, 0.2) is 0 Å². The topological polar surface area (TPSA) is 0 Å². The second-order valence-electron chi connectivity index (χ2n) is 0. The summed E-state index contributed by atoms with van der Waals surface area (Å²) in [4.78, 5) is 0. The molecule has 64 valence electrons. The summed E-state index contributed by atoms with van der Waals surface area (Å²) in [7, 11) is 0. The van der Waals surface area contributed by atoms with Crippen molar-refractivity contribution in [2.75, 3.05) is 0 Å². The number of hydrogen-bond donors (Lipinski definition) is 0. The third-order valence-corrected chi connectivity index (χ3v) is 0. The maximum atomic E-state index is 0. The number of hydrogen-bond acceptors (Lipinski definition) is 0. The van der Waals surface area contributed by atoms with Gasteiger partial charge in [-0.25, -0.2) is 0 Å². The van der Waals surface area contributed by atoms with E-state index in [4.69, 9.17) is 0 Å². The molecule has 0 bridgehead atoms. The predicted octanol–water partition coefficient (Wildman–Crippen LogP) is -24.0. The van der Waals surface area contributed by atoms with Crippen LogP contribution in [0.2, 0.25) is 0 Å². The Morgan fingerprint density at radius 1 is 0.300 bits per heavy atom. The predicted molar refractivity (Wildman–Crippen MR) is 0 cm³/mol. The van der Waals surface area contributed by atoms with Crippen LogP contribution in [-0.4, -0.2) is 0 Å². The molecular weight excluding hydrogens is 909 g/mol. The van der Waals surface area contributed by atoms with Crippen LogP contribution >= 0.6 is 0 Å². The third kappa shape index (κ3) is 68.9. The van der Waals surface area contributed by atoms with Gasteiger partial charge in [-0.05, 0) is 0 Å². The zero-order valence-electron chi connectivity index (χ0n) is 4.02. The van der Waals surface area contributed by atoms with Crippen LogP contribution in [0.25, 0.3) is 0 Å². The maximum absolute atomic E-state index is 0. The molecule has 0 radical (unpaired) electrons. The summed E-state index contributed by atoms with van der Waals surface area (Å²) in [6.07, 6.45) is 0. The molecule has 0 aromatic heterocycles. The average molecular weight is 909 g/mol. The Labute approximate surface area is 184 Å². The van der Waals surface area contributed by atoms with E-state index >= 15 is 0 Å². The fraction of sp³-hybridized carbons (Fsp3) is 0. The van der Waals surface area contributed by atoms with Crippen molar-refractivity contribution in [3.63, 3.8) is 0 Å². The van der Waals surface area contributed by atoms with Crippen molar-refractivity contribution in [2.45, 2.75) is 0 Å². The Morgan fingerprint density at radius 3 is 0.300 bits per heavy atom. The van der Waals surface area contributed by atoms with E-state index in [9.17, 15) is 0 Å². The molecule has 0 aliphatic rings. The van der Waals surface area contributed by atoms with Gasteiger partial charge >= 0.3 is 52.0 Å². The first-order valence-corrected chi connectivity index (χ1v) is 0. The molecule has 0 aromatic rings. The second kappa shape index (κ2) is 86.2. The fourth-order valence-corrected chi connectivity index (χ4v) is 0. The van der Waals surface area contributed by atoms with Crippen molar-refractivity contribution >= 4 is 0 Å². The Morgan fingerprint density at radius 2 is 0.300 bits per heavy atom. The van der Waals surface area contributed by atoms with Crippen molar-refractivity contribution in [1.29, 1.82) is 0 Å². The molecule has 0 aromatic carbocycles. The largest absolute Gasteiger partial charge is 4.00 e. The first kappa shape index (κ1) is 106. The van der Waals surface area contributed by atoms with Crippen molar-refractivity contribution in [2.24, 2.45) is 0 Å². The first-order valence-electron chi connectivity index (χ1n) is 0. The van der Waals surface area contributed by atoms with E-state index in [1.807, 2.05) is 0 Å². The summed E-state index contributed by atoms with van der Waals surface area (Å²) < 4.78 is 0. The van der Waals surface area contributed by atoms with Crippen LogP contribution in [0, 0.1) is 0 Å². The van der Waals surface area contributed by atoms with Gasteiger partial charge in [-0.2, -0.15) is 0 Å². The standard InChI is InChI=1S/8BrH.Hf.Zr/h8*1H;;/q;;;;;;;;2*+4/p-8. The molecule has 0 nitrogen and oxygen atoms in total. The van der Waals surface area contributed by atoms with Gasteiger partial charge < -0.3 is 136 Å². The molecule has 0 rings (SSSR count). The maximum Gasteiger partial charge on any atom is 4.00 e. The molecule has 0 spiro atoms. The van der Waals surface area contributed by atoms with Crippen LogP contribution < -0.4 is 136 Å². The fourth-order valence-electron chi connectivity index (χ4n) is 0. The third-order valence-electron chi connectivity index (χ3n) is 0. The zero-order chi connectivity index (χ0) is 0. The molecule has 0 N–H and O–H groups in total. The molecule has 0 saturated carbocycles. The smallest absolute Gasteiger partial charge is 1.00 e. The Hall–Kier alpha value is 5.59. The molecule has 0 aliphatic heterocycles. The van der Waals surface area contributed by atoms with E-state index in [1.54, 1.807) is 0 Å². The van der Waals surface area contributed by atoms with Gasteiger partial charge in [0.2, 0.25) is 0 Å². The van der Waals surface area contributed by atoms with Crippen LogP contribution in [-0.2, 0) is 52.0 Å². The summed E-state index contributed by atoms with van der Waals surface area (Å²) in [5, 5.41) is 0. The van der Waals surface area contributed by atoms with Crippen LogP contribution in [0.15, 0.2) is 0 Å². The zero-order valence-corrected chi connectivity index (χ0v) is 22.8. The summed E-state index contributed by atoms with van der Waals surface area (Å²) in [5.41, 5.74) is 0.